The van der Waals surface area contributed by atoms with Gasteiger partial charge in [0, 0.05) is 10.1 Å². The SMILES string of the molecule is CCCNCCC(C)CC1Cc2ccccc2S1. The van der Waals surface area contributed by atoms with Crippen molar-refractivity contribution >= 4 is 11.8 Å². The lowest BCUT2D eigenvalue weighted by Gasteiger charge is -2.15. The molecule has 2 heteroatoms. The largest absolute Gasteiger partial charge is 0.317 e. The van der Waals surface area contributed by atoms with Crippen LogP contribution in [0.1, 0.15) is 38.7 Å². The lowest BCUT2D eigenvalue weighted by atomic mass is 9.98. The van der Waals surface area contributed by atoms with Crippen molar-refractivity contribution in [1.82, 2.24) is 5.32 Å². The van der Waals surface area contributed by atoms with E-state index in [1.165, 1.54) is 37.1 Å². The number of hydrogen-bond donors (Lipinski definition) is 1. The van der Waals surface area contributed by atoms with E-state index in [0.29, 0.717) is 0 Å². The fourth-order valence-corrected chi connectivity index (χ4v) is 4.11. The van der Waals surface area contributed by atoms with E-state index in [1.807, 2.05) is 0 Å². The quantitative estimate of drug-likeness (QED) is 0.743. The third kappa shape index (κ3) is 4.03. The molecule has 1 aromatic carbocycles. The summed E-state index contributed by atoms with van der Waals surface area (Å²) in [5.74, 6) is 0.834. The van der Waals surface area contributed by atoms with Gasteiger partial charge in [0.25, 0.3) is 0 Å². The van der Waals surface area contributed by atoms with Crippen LogP contribution in [0.2, 0.25) is 0 Å². The van der Waals surface area contributed by atoms with Gasteiger partial charge in [-0.25, -0.2) is 0 Å². The highest BCUT2D eigenvalue weighted by molar-refractivity contribution is 8.00. The minimum Gasteiger partial charge on any atom is -0.317 e. The average molecular weight is 263 g/mol. The van der Waals surface area contributed by atoms with Crippen molar-refractivity contribution in [1.29, 1.82) is 0 Å². The number of fused-ring (bicyclic) bond motifs is 1. The lowest BCUT2D eigenvalue weighted by Crippen LogP contribution is -2.19. The molecule has 1 heterocycles. The summed E-state index contributed by atoms with van der Waals surface area (Å²) in [5.41, 5.74) is 1.56. The summed E-state index contributed by atoms with van der Waals surface area (Å²) in [6, 6.07) is 8.88. The van der Waals surface area contributed by atoms with Crippen LogP contribution in [0.3, 0.4) is 0 Å². The molecule has 0 saturated heterocycles. The summed E-state index contributed by atoms with van der Waals surface area (Å²) in [5, 5.41) is 4.31. The first kappa shape index (κ1) is 14.0. The predicted molar refractivity (Wildman–Crippen MR) is 81.3 cm³/mol. The molecule has 0 spiro atoms. The standard InChI is InChI=1S/C16H25NS/c1-3-9-17-10-8-13(2)11-15-12-14-6-4-5-7-16(14)18-15/h4-7,13,15,17H,3,8-12H2,1-2H3. The van der Waals surface area contributed by atoms with Gasteiger partial charge in [-0.05, 0) is 56.3 Å². The molecule has 18 heavy (non-hydrogen) atoms. The molecule has 0 fully saturated rings. The van der Waals surface area contributed by atoms with E-state index < -0.39 is 0 Å². The Bertz CT molecular complexity index is 339. The highest BCUT2D eigenvalue weighted by atomic mass is 32.2. The Hall–Kier alpha value is -0.470. The van der Waals surface area contributed by atoms with Gasteiger partial charge in [-0.2, -0.15) is 0 Å². The number of nitrogens with one attached hydrogen (secondary N) is 1. The molecule has 1 aliphatic heterocycles. The number of hydrogen-bond acceptors (Lipinski definition) is 2. The van der Waals surface area contributed by atoms with Crippen LogP contribution >= 0.6 is 11.8 Å². The normalized spacial score (nSPS) is 19.8. The predicted octanol–water partition coefficient (Wildman–Crippen LogP) is 4.12. The van der Waals surface area contributed by atoms with Gasteiger partial charge in [0.1, 0.15) is 0 Å². The Kier molecular flexibility index (Phi) is 5.58. The van der Waals surface area contributed by atoms with Crippen molar-refractivity contribution in [3.05, 3.63) is 29.8 Å². The lowest BCUT2D eigenvalue weighted by molar-refractivity contribution is 0.464. The highest BCUT2D eigenvalue weighted by Gasteiger charge is 2.23. The van der Waals surface area contributed by atoms with E-state index in [4.69, 9.17) is 0 Å². The summed E-state index contributed by atoms with van der Waals surface area (Å²) in [4.78, 5) is 1.51. The van der Waals surface area contributed by atoms with Crippen molar-refractivity contribution in [2.75, 3.05) is 13.1 Å². The monoisotopic (exact) mass is 263 g/mol. The Morgan fingerprint density at radius 2 is 2.17 bits per heavy atom. The zero-order valence-corrected chi connectivity index (χ0v) is 12.4. The number of thioether (sulfide) groups is 1. The molecular formula is C16H25NS. The first-order valence-corrected chi connectivity index (χ1v) is 8.12. The summed E-state index contributed by atoms with van der Waals surface area (Å²) in [7, 11) is 0. The Balaban J connectivity index is 1.69. The molecular weight excluding hydrogens is 238 g/mol. The molecule has 1 aromatic rings. The zero-order chi connectivity index (χ0) is 12.8. The van der Waals surface area contributed by atoms with Crippen molar-refractivity contribution < 1.29 is 0 Å². The molecule has 0 aliphatic carbocycles. The van der Waals surface area contributed by atoms with Crippen molar-refractivity contribution in [2.45, 2.75) is 49.7 Å². The van der Waals surface area contributed by atoms with Gasteiger partial charge in [0.05, 0.1) is 0 Å². The zero-order valence-electron chi connectivity index (χ0n) is 11.6. The maximum atomic E-state index is 3.50. The highest BCUT2D eigenvalue weighted by Crippen LogP contribution is 2.39. The van der Waals surface area contributed by atoms with Gasteiger partial charge in [0.2, 0.25) is 0 Å². The van der Waals surface area contributed by atoms with Gasteiger partial charge >= 0.3 is 0 Å². The second-order valence-electron chi connectivity index (χ2n) is 5.43. The molecule has 2 atom stereocenters. The van der Waals surface area contributed by atoms with E-state index in [9.17, 15) is 0 Å². The molecule has 0 amide bonds. The van der Waals surface area contributed by atoms with Gasteiger partial charge < -0.3 is 5.32 Å². The number of benzene rings is 1. The third-order valence-electron chi connectivity index (χ3n) is 3.62. The van der Waals surface area contributed by atoms with Crippen LogP contribution in [0.25, 0.3) is 0 Å². The first-order valence-electron chi connectivity index (χ1n) is 7.25. The van der Waals surface area contributed by atoms with Crippen LogP contribution < -0.4 is 5.32 Å². The van der Waals surface area contributed by atoms with Gasteiger partial charge in [-0.15, -0.1) is 11.8 Å². The molecule has 1 aliphatic rings. The molecule has 1 nitrogen and oxygen atoms in total. The second kappa shape index (κ2) is 7.20. The van der Waals surface area contributed by atoms with Crippen LogP contribution in [0.15, 0.2) is 29.2 Å². The van der Waals surface area contributed by atoms with Gasteiger partial charge in [0.15, 0.2) is 0 Å². The van der Waals surface area contributed by atoms with Crippen LogP contribution in [0.4, 0.5) is 0 Å². The molecule has 2 rings (SSSR count). The van der Waals surface area contributed by atoms with Crippen LogP contribution in [0.5, 0.6) is 0 Å². The van der Waals surface area contributed by atoms with Crippen LogP contribution in [-0.2, 0) is 6.42 Å². The van der Waals surface area contributed by atoms with Crippen molar-refractivity contribution in [2.24, 2.45) is 5.92 Å². The molecule has 0 radical (unpaired) electrons. The second-order valence-corrected chi connectivity index (χ2v) is 6.77. The molecule has 0 bridgehead atoms. The number of rotatable bonds is 7. The van der Waals surface area contributed by atoms with E-state index in [2.05, 4.69) is 55.2 Å². The minimum absolute atomic E-state index is 0.809. The molecule has 0 saturated carbocycles. The van der Waals surface area contributed by atoms with E-state index in [1.54, 1.807) is 5.56 Å². The minimum atomic E-state index is 0.809. The van der Waals surface area contributed by atoms with Crippen LogP contribution in [-0.4, -0.2) is 18.3 Å². The topological polar surface area (TPSA) is 12.0 Å². The Morgan fingerprint density at radius 1 is 1.33 bits per heavy atom. The fraction of sp³-hybridized carbons (Fsp3) is 0.625. The Morgan fingerprint density at radius 3 is 2.94 bits per heavy atom. The first-order chi connectivity index (χ1) is 8.79. The maximum Gasteiger partial charge on any atom is 0.0138 e. The van der Waals surface area contributed by atoms with Crippen molar-refractivity contribution in [3.63, 3.8) is 0 Å². The summed E-state index contributed by atoms with van der Waals surface area (Å²) < 4.78 is 0. The molecule has 1 N–H and O–H groups in total. The third-order valence-corrected chi connectivity index (χ3v) is 4.96. The average Bonchev–Trinajstić information content (AvgIpc) is 2.76. The summed E-state index contributed by atoms with van der Waals surface area (Å²) in [6.45, 7) is 6.97. The molecule has 100 valence electrons. The summed E-state index contributed by atoms with van der Waals surface area (Å²) in [6.07, 6.45) is 5.18. The maximum absolute atomic E-state index is 3.50. The Labute approximate surface area is 116 Å². The van der Waals surface area contributed by atoms with Crippen molar-refractivity contribution in [3.8, 4) is 0 Å². The van der Waals surface area contributed by atoms with E-state index >= 15 is 0 Å². The van der Waals surface area contributed by atoms with E-state index in [-0.39, 0.29) is 0 Å². The smallest absolute Gasteiger partial charge is 0.0138 e. The summed E-state index contributed by atoms with van der Waals surface area (Å²) >= 11 is 2.09. The van der Waals surface area contributed by atoms with Crippen LogP contribution in [0, 0.1) is 5.92 Å². The van der Waals surface area contributed by atoms with Gasteiger partial charge in [-0.3, -0.25) is 0 Å². The molecule has 0 aromatic heterocycles. The molecule has 2 unspecified atom stereocenters. The van der Waals surface area contributed by atoms with Gasteiger partial charge in [-0.1, -0.05) is 32.0 Å². The van der Waals surface area contributed by atoms with E-state index in [0.717, 1.165) is 17.7 Å². The fourth-order valence-electron chi connectivity index (χ4n) is 2.60.